The molecule has 5 rings (SSSR count). The molecular formula is C22H18FN7. The molecule has 0 atom stereocenters. The summed E-state index contributed by atoms with van der Waals surface area (Å²) < 4.78 is 17.1. The van der Waals surface area contributed by atoms with E-state index in [0.717, 1.165) is 39.5 Å². The SMILES string of the molecule is Cc1cn(-c2ncc(Nc3cccc4c3nc(-c3ccc(F)cc3)n4C)cn2)cn1. The molecule has 7 nitrogen and oxygen atoms in total. The van der Waals surface area contributed by atoms with Crippen LogP contribution >= 0.6 is 0 Å². The third kappa shape index (κ3) is 3.18. The van der Waals surface area contributed by atoms with E-state index < -0.39 is 0 Å². The van der Waals surface area contributed by atoms with Gasteiger partial charge in [-0.1, -0.05) is 6.07 Å². The number of anilines is 2. The zero-order chi connectivity index (χ0) is 20.7. The van der Waals surface area contributed by atoms with Crippen molar-refractivity contribution in [3.63, 3.8) is 0 Å². The van der Waals surface area contributed by atoms with Crippen molar-refractivity contribution >= 4 is 22.4 Å². The van der Waals surface area contributed by atoms with Gasteiger partial charge < -0.3 is 9.88 Å². The summed E-state index contributed by atoms with van der Waals surface area (Å²) in [4.78, 5) is 17.8. The summed E-state index contributed by atoms with van der Waals surface area (Å²) in [7, 11) is 1.95. The molecule has 0 unspecified atom stereocenters. The Morgan fingerprint density at radius 3 is 2.43 bits per heavy atom. The highest BCUT2D eigenvalue weighted by Crippen LogP contribution is 2.30. The highest BCUT2D eigenvalue weighted by atomic mass is 19.1. The number of hydrogen-bond donors (Lipinski definition) is 1. The minimum atomic E-state index is -0.269. The summed E-state index contributed by atoms with van der Waals surface area (Å²) in [5, 5.41) is 3.35. The molecule has 0 amide bonds. The molecule has 148 valence electrons. The summed E-state index contributed by atoms with van der Waals surface area (Å²) in [6.07, 6.45) is 7.00. The molecule has 1 N–H and O–H groups in total. The molecule has 30 heavy (non-hydrogen) atoms. The van der Waals surface area contributed by atoms with Gasteiger partial charge in [0.15, 0.2) is 0 Å². The van der Waals surface area contributed by atoms with E-state index in [4.69, 9.17) is 4.98 Å². The van der Waals surface area contributed by atoms with Gasteiger partial charge in [-0.25, -0.2) is 24.3 Å². The van der Waals surface area contributed by atoms with Gasteiger partial charge in [-0.05, 0) is 43.3 Å². The third-order valence-corrected chi connectivity index (χ3v) is 4.87. The minimum absolute atomic E-state index is 0.269. The maximum absolute atomic E-state index is 13.3. The van der Waals surface area contributed by atoms with E-state index in [9.17, 15) is 4.39 Å². The molecule has 0 spiro atoms. The third-order valence-electron chi connectivity index (χ3n) is 4.87. The molecule has 0 radical (unpaired) electrons. The van der Waals surface area contributed by atoms with E-state index in [0.29, 0.717) is 5.95 Å². The van der Waals surface area contributed by atoms with E-state index in [1.54, 1.807) is 35.4 Å². The number of aromatic nitrogens is 6. The summed E-state index contributed by atoms with van der Waals surface area (Å²) in [6.45, 7) is 1.92. The van der Waals surface area contributed by atoms with E-state index in [-0.39, 0.29) is 5.82 Å². The van der Waals surface area contributed by atoms with Gasteiger partial charge in [0.25, 0.3) is 0 Å². The number of halogens is 1. The number of rotatable bonds is 4. The predicted octanol–water partition coefficient (Wildman–Crippen LogP) is 4.41. The van der Waals surface area contributed by atoms with Crippen LogP contribution in [-0.4, -0.2) is 29.1 Å². The largest absolute Gasteiger partial charge is 0.351 e. The lowest BCUT2D eigenvalue weighted by Crippen LogP contribution is -2.00. The van der Waals surface area contributed by atoms with Crippen LogP contribution in [0.1, 0.15) is 5.69 Å². The lowest BCUT2D eigenvalue weighted by atomic mass is 10.2. The normalized spacial score (nSPS) is 11.2. The van der Waals surface area contributed by atoms with E-state index in [2.05, 4.69) is 20.3 Å². The van der Waals surface area contributed by atoms with Crippen molar-refractivity contribution in [2.75, 3.05) is 5.32 Å². The Morgan fingerprint density at radius 2 is 1.73 bits per heavy atom. The number of imidazole rings is 2. The van der Waals surface area contributed by atoms with E-state index >= 15 is 0 Å². The van der Waals surface area contributed by atoms with Crippen LogP contribution in [0.4, 0.5) is 15.8 Å². The zero-order valence-corrected chi connectivity index (χ0v) is 16.4. The molecule has 8 heteroatoms. The van der Waals surface area contributed by atoms with Crippen LogP contribution in [0.5, 0.6) is 0 Å². The fraction of sp³-hybridized carbons (Fsp3) is 0.0909. The molecule has 0 saturated heterocycles. The van der Waals surface area contributed by atoms with Crippen LogP contribution in [0, 0.1) is 12.7 Å². The summed E-state index contributed by atoms with van der Waals surface area (Å²) in [5.41, 5.74) is 5.12. The maximum atomic E-state index is 13.3. The number of fused-ring (bicyclic) bond motifs is 1. The molecule has 0 fully saturated rings. The van der Waals surface area contributed by atoms with Crippen molar-refractivity contribution in [2.45, 2.75) is 6.92 Å². The van der Waals surface area contributed by atoms with Crippen LogP contribution < -0.4 is 5.32 Å². The minimum Gasteiger partial charge on any atom is -0.351 e. The second-order valence-electron chi connectivity index (χ2n) is 6.99. The van der Waals surface area contributed by atoms with Crippen molar-refractivity contribution in [1.82, 2.24) is 29.1 Å². The number of nitrogens with zero attached hydrogens (tertiary/aromatic N) is 6. The van der Waals surface area contributed by atoms with Gasteiger partial charge in [0.2, 0.25) is 5.95 Å². The van der Waals surface area contributed by atoms with Crippen LogP contribution in [0.25, 0.3) is 28.4 Å². The lowest BCUT2D eigenvalue weighted by molar-refractivity contribution is 0.628. The zero-order valence-electron chi connectivity index (χ0n) is 16.4. The lowest BCUT2D eigenvalue weighted by Gasteiger charge is -2.07. The van der Waals surface area contributed by atoms with Gasteiger partial charge in [0.1, 0.15) is 23.5 Å². The average Bonchev–Trinajstić information content (AvgIpc) is 3.34. The van der Waals surface area contributed by atoms with Gasteiger partial charge in [-0.2, -0.15) is 0 Å². The van der Waals surface area contributed by atoms with Gasteiger partial charge in [-0.15, -0.1) is 0 Å². The first-order valence-corrected chi connectivity index (χ1v) is 9.40. The van der Waals surface area contributed by atoms with Gasteiger partial charge >= 0.3 is 0 Å². The predicted molar refractivity (Wildman–Crippen MR) is 113 cm³/mol. The molecule has 0 aliphatic carbocycles. The number of hydrogen-bond acceptors (Lipinski definition) is 5. The van der Waals surface area contributed by atoms with Crippen molar-refractivity contribution < 1.29 is 4.39 Å². The quantitative estimate of drug-likeness (QED) is 0.485. The first kappa shape index (κ1) is 18.0. The standard InChI is InChI=1S/C22H18FN7/c1-14-12-30(13-26-14)22-24-10-17(11-25-22)27-18-4-3-5-19-20(18)28-21(29(19)2)15-6-8-16(23)9-7-15/h3-13,27H,1-2H3. The summed E-state index contributed by atoms with van der Waals surface area (Å²) >= 11 is 0. The highest BCUT2D eigenvalue weighted by molar-refractivity contribution is 5.92. The second kappa shape index (κ2) is 7.07. The first-order valence-electron chi connectivity index (χ1n) is 9.40. The fourth-order valence-corrected chi connectivity index (χ4v) is 3.38. The summed E-state index contributed by atoms with van der Waals surface area (Å²) in [5.74, 6) is 1.05. The molecule has 0 saturated carbocycles. The smallest absolute Gasteiger partial charge is 0.234 e. The van der Waals surface area contributed by atoms with Crippen LogP contribution in [0.2, 0.25) is 0 Å². The van der Waals surface area contributed by atoms with Gasteiger partial charge in [0, 0.05) is 18.8 Å². The van der Waals surface area contributed by atoms with Gasteiger partial charge in [0.05, 0.1) is 35.0 Å². The van der Waals surface area contributed by atoms with Crippen molar-refractivity contribution in [2.24, 2.45) is 7.05 Å². The number of nitrogens with one attached hydrogen (secondary N) is 1. The molecule has 0 aliphatic rings. The highest BCUT2D eigenvalue weighted by Gasteiger charge is 2.13. The number of aryl methyl sites for hydroxylation is 2. The van der Waals surface area contributed by atoms with Crippen molar-refractivity contribution in [1.29, 1.82) is 0 Å². The van der Waals surface area contributed by atoms with Crippen LogP contribution in [-0.2, 0) is 7.05 Å². The Bertz CT molecular complexity index is 1330. The molecular weight excluding hydrogens is 381 g/mol. The van der Waals surface area contributed by atoms with E-state index in [1.807, 2.05) is 42.9 Å². The number of benzene rings is 2. The Hall–Kier alpha value is -4.07. The second-order valence-corrected chi connectivity index (χ2v) is 6.99. The Labute approximate surface area is 171 Å². The molecule has 3 heterocycles. The van der Waals surface area contributed by atoms with Crippen LogP contribution in [0.3, 0.4) is 0 Å². The molecule has 5 aromatic rings. The Kier molecular flexibility index (Phi) is 4.24. The maximum Gasteiger partial charge on any atom is 0.234 e. The van der Waals surface area contributed by atoms with Crippen LogP contribution in [0.15, 0.2) is 67.4 Å². The topological polar surface area (TPSA) is 73.5 Å². The fourth-order valence-electron chi connectivity index (χ4n) is 3.38. The van der Waals surface area contributed by atoms with Crippen molar-refractivity contribution in [3.8, 4) is 17.3 Å². The molecule has 2 aromatic carbocycles. The van der Waals surface area contributed by atoms with Gasteiger partial charge in [-0.3, -0.25) is 4.57 Å². The Morgan fingerprint density at radius 1 is 0.967 bits per heavy atom. The molecule has 3 aromatic heterocycles. The Balaban J connectivity index is 1.49. The molecule has 0 bridgehead atoms. The monoisotopic (exact) mass is 399 g/mol. The number of para-hydroxylation sites is 1. The summed E-state index contributed by atoms with van der Waals surface area (Å²) in [6, 6.07) is 12.3. The average molecular weight is 399 g/mol. The van der Waals surface area contributed by atoms with Crippen molar-refractivity contribution in [3.05, 3.63) is 78.9 Å². The first-order chi connectivity index (χ1) is 14.6. The molecule has 0 aliphatic heterocycles. The van der Waals surface area contributed by atoms with E-state index in [1.165, 1.54) is 12.1 Å².